The van der Waals surface area contributed by atoms with Crippen LogP contribution in [-0.4, -0.2) is 20.5 Å². The van der Waals surface area contributed by atoms with Crippen molar-refractivity contribution < 1.29 is 4.79 Å². The molecule has 3 aromatic rings. The number of benzene rings is 2. The van der Waals surface area contributed by atoms with Gasteiger partial charge in [0.15, 0.2) is 5.78 Å². The second-order valence-electron chi connectivity index (χ2n) is 4.99. The Morgan fingerprint density at radius 3 is 2.61 bits per heavy atom. The van der Waals surface area contributed by atoms with Gasteiger partial charge in [-0.2, -0.15) is 0 Å². The summed E-state index contributed by atoms with van der Waals surface area (Å²) in [6.07, 6.45) is 0. The summed E-state index contributed by atoms with van der Waals surface area (Å²) in [5.41, 5.74) is 1.86. The molecule has 0 saturated heterocycles. The van der Waals surface area contributed by atoms with E-state index < -0.39 is 0 Å². The number of rotatable bonds is 4. The third-order valence-electron chi connectivity index (χ3n) is 3.49. The zero-order valence-electron chi connectivity index (χ0n) is 12.3. The highest BCUT2D eigenvalue weighted by Crippen LogP contribution is 2.25. The van der Waals surface area contributed by atoms with Crippen molar-refractivity contribution in [2.24, 2.45) is 0 Å². The molecule has 1 heterocycles. The molecule has 0 bridgehead atoms. The summed E-state index contributed by atoms with van der Waals surface area (Å²) in [5, 5.41) is 9.28. The minimum atomic E-state index is -0.0864. The van der Waals surface area contributed by atoms with Crippen LogP contribution in [0.5, 0.6) is 0 Å². The Kier molecular flexibility index (Phi) is 4.59. The third-order valence-corrected chi connectivity index (χ3v) is 4.23. The lowest BCUT2D eigenvalue weighted by atomic mass is 10.0. The van der Waals surface area contributed by atoms with E-state index in [0.29, 0.717) is 27.3 Å². The molecule has 116 valence electrons. The van der Waals surface area contributed by atoms with Gasteiger partial charge >= 0.3 is 0 Å². The summed E-state index contributed by atoms with van der Waals surface area (Å²) >= 11 is 9.53. The number of ketones is 1. The summed E-state index contributed by atoms with van der Waals surface area (Å²) in [6, 6.07) is 14.4. The van der Waals surface area contributed by atoms with Gasteiger partial charge in [-0.3, -0.25) is 9.36 Å². The Morgan fingerprint density at radius 2 is 1.91 bits per heavy atom. The fourth-order valence-corrected chi connectivity index (χ4v) is 2.97. The fraction of sp³-hybridized carbons (Fsp3) is 0.118. The maximum absolute atomic E-state index is 12.9. The summed E-state index contributed by atoms with van der Waals surface area (Å²) in [4.78, 5) is 12.9. The molecule has 0 aliphatic rings. The number of nitrogens with zero attached hydrogens (tertiary/aromatic N) is 3. The number of halogens is 2. The Morgan fingerprint density at radius 1 is 1.17 bits per heavy atom. The van der Waals surface area contributed by atoms with E-state index in [0.717, 1.165) is 11.5 Å². The monoisotopic (exact) mass is 389 g/mol. The molecule has 0 amide bonds. The summed E-state index contributed by atoms with van der Waals surface area (Å²) in [7, 11) is 0. The molecule has 0 fully saturated rings. The Bertz CT molecular complexity index is 862. The van der Waals surface area contributed by atoms with Crippen LogP contribution in [0.3, 0.4) is 0 Å². The molecular weight excluding hydrogens is 378 g/mol. The molecule has 0 aliphatic carbocycles. The topological polar surface area (TPSA) is 47.8 Å². The van der Waals surface area contributed by atoms with Crippen LogP contribution in [0.4, 0.5) is 0 Å². The van der Waals surface area contributed by atoms with E-state index in [1.165, 1.54) is 0 Å². The van der Waals surface area contributed by atoms with E-state index in [2.05, 4.69) is 26.1 Å². The SMILES string of the molecule is Cc1nnc(CBr)n1-c1ccc(Cl)cc1C(=O)c1ccccc1. The standard InChI is InChI=1S/C17H13BrClN3O/c1-11-20-21-16(10-18)22(11)15-8-7-13(19)9-14(15)17(23)12-5-3-2-4-6-12/h2-9H,10H2,1H3. The second-order valence-corrected chi connectivity index (χ2v) is 5.99. The van der Waals surface area contributed by atoms with Gasteiger partial charge in [0.05, 0.1) is 11.0 Å². The quantitative estimate of drug-likeness (QED) is 0.491. The molecule has 0 N–H and O–H groups in total. The zero-order chi connectivity index (χ0) is 16.4. The lowest BCUT2D eigenvalue weighted by Gasteiger charge is -2.13. The van der Waals surface area contributed by atoms with Crippen LogP contribution in [0.1, 0.15) is 27.6 Å². The molecule has 3 rings (SSSR count). The largest absolute Gasteiger partial charge is 0.289 e. The van der Waals surface area contributed by atoms with E-state index in [9.17, 15) is 4.79 Å². The molecule has 0 unspecified atom stereocenters. The molecular formula is C17H13BrClN3O. The number of carbonyl (C=O) groups excluding carboxylic acids is 1. The van der Waals surface area contributed by atoms with E-state index in [4.69, 9.17) is 11.6 Å². The van der Waals surface area contributed by atoms with Crippen LogP contribution < -0.4 is 0 Å². The lowest BCUT2D eigenvalue weighted by Crippen LogP contribution is -2.10. The highest BCUT2D eigenvalue weighted by molar-refractivity contribution is 9.08. The predicted molar refractivity (Wildman–Crippen MR) is 93.6 cm³/mol. The molecule has 0 aliphatic heterocycles. The van der Waals surface area contributed by atoms with Gasteiger partial charge in [0.1, 0.15) is 11.6 Å². The maximum Gasteiger partial charge on any atom is 0.195 e. The van der Waals surface area contributed by atoms with Gasteiger partial charge in [-0.15, -0.1) is 10.2 Å². The number of carbonyl (C=O) groups is 1. The van der Waals surface area contributed by atoms with Crippen molar-refractivity contribution in [3.05, 3.63) is 76.3 Å². The first-order valence-electron chi connectivity index (χ1n) is 6.98. The maximum atomic E-state index is 12.9. The highest BCUT2D eigenvalue weighted by atomic mass is 79.9. The average molecular weight is 391 g/mol. The number of hydrogen-bond donors (Lipinski definition) is 0. The normalized spacial score (nSPS) is 10.7. The lowest BCUT2D eigenvalue weighted by molar-refractivity contribution is 0.103. The second kappa shape index (κ2) is 6.64. The van der Waals surface area contributed by atoms with Gasteiger partial charge in [0.25, 0.3) is 0 Å². The fourth-order valence-electron chi connectivity index (χ4n) is 2.44. The van der Waals surface area contributed by atoms with E-state index >= 15 is 0 Å². The van der Waals surface area contributed by atoms with Gasteiger partial charge in [-0.1, -0.05) is 57.9 Å². The van der Waals surface area contributed by atoms with Crippen LogP contribution in [0.25, 0.3) is 5.69 Å². The smallest absolute Gasteiger partial charge is 0.195 e. The number of hydrogen-bond acceptors (Lipinski definition) is 3. The summed E-state index contributed by atoms with van der Waals surface area (Å²) < 4.78 is 1.86. The van der Waals surface area contributed by atoms with Crippen molar-refractivity contribution in [3.8, 4) is 5.69 Å². The number of aryl methyl sites for hydroxylation is 1. The van der Waals surface area contributed by atoms with Crippen molar-refractivity contribution in [2.45, 2.75) is 12.3 Å². The van der Waals surface area contributed by atoms with Crippen molar-refractivity contribution in [1.82, 2.24) is 14.8 Å². The number of aromatic nitrogens is 3. The van der Waals surface area contributed by atoms with Crippen LogP contribution in [0, 0.1) is 6.92 Å². The Hall–Kier alpha value is -1.98. The summed E-state index contributed by atoms with van der Waals surface area (Å²) in [5.74, 6) is 1.35. The number of alkyl halides is 1. The van der Waals surface area contributed by atoms with E-state index in [-0.39, 0.29) is 5.78 Å². The van der Waals surface area contributed by atoms with Gasteiger partial charge < -0.3 is 0 Å². The molecule has 0 radical (unpaired) electrons. The average Bonchev–Trinajstić information content (AvgIpc) is 2.95. The van der Waals surface area contributed by atoms with Gasteiger partial charge in [0, 0.05) is 16.1 Å². The molecule has 4 nitrogen and oxygen atoms in total. The van der Waals surface area contributed by atoms with Gasteiger partial charge in [-0.05, 0) is 25.1 Å². The molecule has 1 aromatic heterocycles. The minimum absolute atomic E-state index is 0.0864. The third kappa shape index (κ3) is 3.07. The molecule has 0 spiro atoms. The molecule has 23 heavy (non-hydrogen) atoms. The zero-order valence-corrected chi connectivity index (χ0v) is 14.7. The minimum Gasteiger partial charge on any atom is -0.289 e. The van der Waals surface area contributed by atoms with Crippen LogP contribution in [0.2, 0.25) is 5.02 Å². The van der Waals surface area contributed by atoms with Crippen LogP contribution in [-0.2, 0) is 5.33 Å². The van der Waals surface area contributed by atoms with Gasteiger partial charge in [0.2, 0.25) is 0 Å². The van der Waals surface area contributed by atoms with Crippen molar-refractivity contribution in [3.63, 3.8) is 0 Å². The molecule has 0 atom stereocenters. The van der Waals surface area contributed by atoms with Crippen LogP contribution in [0.15, 0.2) is 48.5 Å². The van der Waals surface area contributed by atoms with Crippen LogP contribution >= 0.6 is 27.5 Å². The first kappa shape index (κ1) is 15.9. The van der Waals surface area contributed by atoms with E-state index in [1.54, 1.807) is 24.3 Å². The van der Waals surface area contributed by atoms with Gasteiger partial charge in [-0.25, -0.2) is 0 Å². The van der Waals surface area contributed by atoms with Crippen molar-refractivity contribution >= 4 is 33.3 Å². The first-order chi connectivity index (χ1) is 11.1. The van der Waals surface area contributed by atoms with Crippen molar-refractivity contribution in [1.29, 1.82) is 0 Å². The highest BCUT2D eigenvalue weighted by Gasteiger charge is 2.19. The first-order valence-corrected chi connectivity index (χ1v) is 8.48. The van der Waals surface area contributed by atoms with E-state index in [1.807, 2.05) is 35.8 Å². The predicted octanol–water partition coefficient (Wildman–Crippen LogP) is 4.36. The molecule has 6 heteroatoms. The molecule has 2 aromatic carbocycles. The molecule has 0 saturated carbocycles. The Labute approximate surface area is 147 Å². The summed E-state index contributed by atoms with van der Waals surface area (Å²) in [6.45, 7) is 1.85. The Balaban J connectivity index is 2.20. The van der Waals surface area contributed by atoms with Crippen molar-refractivity contribution in [2.75, 3.05) is 0 Å².